The molecule has 0 amide bonds. The van der Waals surface area contributed by atoms with Crippen molar-refractivity contribution in [2.75, 3.05) is 13.7 Å². The van der Waals surface area contributed by atoms with Gasteiger partial charge in [-0.15, -0.1) is 11.6 Å². The highest BCUT2D eigenvalue weighted by atomic mass is 35.5. The Labute approximate surface area is 120 Å². The molecular weight excluding hydrogens is 262 g/mol. The Morgan fingerprint density at radius 2 is 2.11 bits per heavy atom. The van der Waals surface area contributed by atoms with E-state index in [0.29, 0.717) is 12.5 Å². The molecule has 1 aromatic carbocycles. The number of nitriles is 1. The number of nitrogens with zero attached hydrogens (tertiary/aromatic N) is 1. The molecule has 0 fully saturated rings. The predicted molar refractivity (Wildman–Crippen MR) is 76.7 cm³/mol. The minimum atomic E-state index is -0.293. The maximum absolute atomic E-state index is 8.93. The lowest BCUT2D eigenvalue weighted by Gasteiger charge is -2.16. The molecule has 1 aromatic rings. The first-order chi connectivity index (χ1) is 9.02. The topological polar surface area (TPSA) is 42.2 Å². The largest absolute Gasteiger partial charge is 0.497 e. The van der Waals surface area contributed by atoms with E-state index in [-0.39, 0.29) is 5.41 Å². The smallest absolute Gasteiger partial charge is 0.123 e. The summed E-state index contributed by atoms with van der Waals surface area (Å²) < 4.78 is 10.9. The van der Waals surface area contributed by atoms with Crippen LogP contribution >= 0.6 is 11.6 Å². The molecule has 0 N–H and O–H groups in total. The Bertz CT molecular complexity index is 452. The van der Waals surface area contributed by atoms with E-state index in [1.165, 1.54) is 0 Å². The van der Waals surface area contributed by atoms with Crippen molar-refractivity contribution in [3.05, 3.63) is 23.8 Å². The minimum Gasteiger partial charge on any atom is -0.497 e. The molecule has 0 aliphatic rings. The Morgan fingerprint density at radius 3 is 2.68 bits per heavy atom. The fourth-order valence-corrected chi connectivity index (χ4v) is 1.89. The van der Waals surface area contributed by atoms with Gasteiger partial charge in [-0.1, -0.05) is 0 Å². The molecule has 0 aliphatic carbocycles. The average Bonchev–Trinajstić information content (AvgIpc) is 2.43. The van der Waals surface area contributed by atoms with Gasteiger partial charge in [0.15, 0.2) is 0 Å². The SMILES string of the molecule is COc1ccc(OCCCC(C)(C)C#N)c(CCl)c1. The van der Waals surface area contributed by atoms with E-state index in [4.69, 9.17) is 26.3 Å². The van der Waals surface area contributed by atoms with Crippen LogP contribution in [0.5, 0.6) is 11.5 Å². The Balaban J connectivity index is 2.52. The van der Waals surface area contributed by atoms with Gasteiger partial charge in [0.05, 0.1) is 31.1 Å². The molecule has 0 unspecified atom stereocenters. The van der Waals surface area contributed by atoms with Crippen LogP contribution in [0.15, 0.2) is 18.2 Å². The van der Waals surface area contributed by atoms with Crippen molar-refractivity contribution >= 4 is 11.6 Å². The molecule has 0 spiro atoms. The quantitative estimate of drug-likeness (QED) is 0.557. The lowest BCUT2D eigenvalue weighted by atomic mass is 9.90. The summed E-state index contributed by atoms with van der Waals surface area (Å²) in [6, 6.07) is 7.88. The molecule has 0 aliphatic heterocycles. The van der Waals surface area contributed by atoms with E-state index >= 15 is 0 Å². The third-order valence-corrected chi connectivity index (χ3v) is 3.21. The first-order valence-electron chi connectivity index (χ1n) is 6.29. The van der Waals surface area contributed by atoms with Crippen LogP contribution in [0.25, 0.3) is 0 Å². The number of rotatable bonds is 7. The molecule has 0 saturated carbocycles. The monoisotopic (exact) mass is 281 g/mol. The number of alkyl halides is 1. The number of hydrogen-bond acceptors (Lipinski definition) is 3. The highest BCUT2D eigenvalue weighted by Crippen LogP contribution is 2.26. The van der Waals surface area contributed by atoms with Gasteiger partial charge in [-0.2, -0.15) is 5.26 Å². The van der Waals surface area contributed by atoms with E-state index < -0.39 is 0 Å². The summed E-state index contributed by atoms with van der Waals surface area (Å²) in [4.78, 5) is 0. The Kier molecular flexibility index (Phi) is 5.98. The van der Waals surface area contributed by atoms with Crippen LogP contribution in [0.2, 0.25) is 0 Å². The van der Waals surface area contributed by atoms with Crippen molar-refractivity contribution in [1.29, 1.82) is 5.26 Å². The number of ether oxygens (including phenoxy) is 2. The molecule has 19 heavy (non-hydrogen) atoms. The summed E-state index contributed by atoms with van der Waals surface area (Å²) in [5, 5.41) is 8.93. The first kappa shape index (κ1) is 15.7. The van der Waals surface area contributed by atoms with E-state index in [2.05, 4.69) is 6.07 Å². The van der Waals surface area contributed by atoms with Gasteiger partial charge < -0.3 is 9.47 Å². The van der Waals surface area contributed by atoms with E-state index in [0.717, 1.165) is 29.9 Å². The lowest BCUT2D eigenvalue weighted by molar-refractivity contribution is 0.282. The molecule has 1 rings (SSSR count). The summed E-state index contributed by atoms with van der Waals surface area (Å²) >= 11 is 5.89. The predicted octanol–water partition coefficient (Wildman–Crippen LogP) is 4.14. The number of benzene rings is 1. The van der Waals surface area contributed by atoms with Crippen LogP contribution in [0.1, 0.15) is 32.3 Å². The molecule has 0 saturated heterocycles. The lowest BCUT2D eigenvalue weighted by Crippen LogP contribution is -2.10. The van der Waals surface area contributed by atoms with Crippen LogP contribution in [0, 0.1) is 16.7 Å². The Morgan fingerprint density at radius 1 is 1.37 bits per heavy atom. The zero-order valence-corrected chi connectivity index (χ0v) is 12.5. The van der Waals surface area contributed by atoms with Crippen LogP contribution in [-0.4, -0.2) is 13.7 Å². The minimum absolute atomic E-state index is 0.293. The summed E-state index contributed by atoms with van der Waals surface area (Å²) in [7, 11) is 1.62. The van der Waals surface area contributed by atoms with Gasteiger partial charge in [-0.3, -0.25) is 0 Å². The number of methoxy groups -OCH3 is 1. The maximum atomic E-state index is 8.93. The summed E-state index contributed by atoms with van der Waals surface area (Å²) in [5.41, 5.74) is 0.624. The van der Waals surface area contributed by atoms with Gasteiger partial charge in [-0.05, 0) is 44.9 Å². The molecule has 104 valence electrons. The van der Waals surface area contributed by atoms with Crippen molar-refractivity contribution in [1.82, 2.24) is 0 Å². The second-order valence-electron chi connectivity index (χ2n) is 5.05. The molecule has 4 heteroatoms. The zero-order chi connectivity index (χ0) is 14.3. The van der Waals surface area contributed by atoms with Crippen LogP contribution in [0.4, 0.5) is 0 Å². The van der Waals surface area contributed by atoms with Crippen molar-refractivity contribution < 1.29 is 9.47 Å². The van der Waals surface area contributed by atoms with Gasteiger partial charge in [0, 0.05) is 5.56 Å². The number of halogens is 1. The zero-order valence-electron chi connectivity index (χ0n) is 11.7. The van der Waals surface area contributed by atoms with Crippen LogP contribution < -0.4 is 9.47 Å². The molecule has 0 aromatic heterocycles. The standard InChI is InChI=1S/C15H20ClNO2/c1-15(2,11-17)7-4-8-19-14-6-5-13(18-3)9-12(14)10-16/h5-6,9H,4,7-8,10H2,1-3H3. The van der Waals surface area contributed by atoms with Crippen LogP contribution in [0.3, 0.4) is 0 Å². The maximum Gasteiger partial charge on any atom is 0.123 e. The molecular formula is C15H20ClNO2. The van der Waals surface area contributed by atoms with Gasteiger partial charge in [0.1, 0.15) is 11.5 Å². The van der Waals surface area contributed by atoms with E-state index in [1.54, 1.807) is 7.11 Å². The van der Waals surface area contributed by atoms with Gasteiger partial charge in [0.25, 0.3) is 0 Å². The fraction of sp³-hybridized carbons (Fsp3) is 0.533. The first-order valence-corrected chi connectivity index (χ1v) is 6.83. The molecule has 3 nitrogen and oxygen atoms in total. The highest BCUT2D eigenvalue weighted by Gasteiger charge is 2.15. The Hall–Kier alpha value is -1.40. The molecule has 0 heterocycles. The second-order valence-corrected chi connectivity index (χ2v) is 5.32. The normalized spacial score (nSPS) is 10.9. The van der Waals surface area contributed by atoms with E-state index in [9.17, 15) is 0 Å². The summed E-state index contributed by atoms with van der Waals surface area (Å²) in [6.45, 7) is 4.45. The number of hydrogen-bond donors (Lipinski definition) is 0. The molecule has 0 radical (unpaired) electrons. The van der Waals surface area contributed by atoms with Gasteiger partial charge in [-0.25, -0.2) is 0 Å². The second kappa shape index (κ2) is 7.25. The highest BCUT2D eigenvalue weighted by molar-refractivity contribution is 6.17. The van der Waals surface area contributed by atoms with Gasteiger partial charge >= 0.3 is 0 Å². The molecule has 0 atom stereocenters. The van der Waals surface area contributed by atoms with E-state index in [1.807, 2.05) is 32.0 Å². The fourth-order valence-electron chi connectivity index (χ4n) is 1.68. The third kappa shape index (κ3) is 5.00. The third-order valence-electron chi connectivity index (χ3n) is 2.92. The summed E-state index contributed by atoms with van der Waals surface area (Å²) in [6.07, 6.45) is 1.66. The van der Waals surface area contributed by atoms with Crippen molar-refractivity contribution in [3.63, 3.8) is 0 Å². The van der Waals surface area contributed by atoms with Crippen LogP contribution in [-0.2, 0) is 5.88 Å². The van der Waals surface area contributed by atoms with Crippen molar-refractivity contribution in [3.8, 4) is 17.6 Å². The van der Waals surface area contributed by atoms with Gasteiger partial charge in [0.2, 0.25) is 0 Å². The van der Waals surface area contributed by atoms with Crippen molar-refractivity contribution in [2.24, 2.45) is 5.41 Å². The average molecular weight is 282 g/mol. The van der Waals surface area contributed by atoms with Crippen molar-refractivity contribution in [2.45, 2.75) is 32.6 Å². The summed E-state index contributed by atoms with van der Waals surface area (Å²) in [5.74, 6) is 1.94. The molecule has 0 bridgehead atoms.